The van der Waals surface area contributed by atoms with Crippen LogP contribution in [0.1, 0.15) is 33.2 Å². The Hall–Kier alpha value is -2.07. The maximum atomic E-state index is 11.3. The van der Waals surface area contributed by atoms with Crippen molar-refractivity contribution in [2.75, 3.05) is 13.7 Å². The molecular formula is C16H18N2O2. The van der Waals surface area contributed by atoms with E-state index in [1.807, 2.05) is 6.07 Å². The summed E-state index contributed by atoms with van der Waals surface area (Å²) in [6, 6.07) is 12.2. The first kappa shape index (κ1) is 12.9. The molecule has 0 saturated heterocycles. The third-order valence-electron chi connectivity index (χ3n) is 3.82. The van der Waals surface area contributed by atoms with E-state index in [4.69, 9.17) is 0 Å². The Morgan fingerprint density at radius 3 is 3.00 bits per heavy atom. The van der Waals surface area contributed by atoms with Crippen LogP contribution < -0.4 is 5.32 Å². The van der Waals surface area contributed by atoms with Gasteiger partial charge in [0.2, 0.25) is 0 Å². The fourth-order valence-electron chi connectivity index (χ4n) is 2.70. The number of carbonyl (C=O) groups excluding carboxylic acids is 1. The van der Waals surface area contributed by atoms with Crippen molar-refractivity contribution in [3.8, 4) is 0 Å². The number of aromatic amines is 1. The Morgan fingerprint density at radius 2 is 2.20 bits per heavy atom. The van der Waals surface area contributed by atoms with E-state index in [1.165, 1.54) is 18.2 Å². The Kier molecular flexibility index (Phi) is 3.56. The third kappa shape index (κ3) is 2.47. The van der Waals surface area contributed by atoms with Crippen molar-refractivity contribution in [3.63, 3.8) is 0 Å². The predicted molar refractivity (Wildman–Crippen MR) is 76.7 cm³/mol. The van der Waals surface area contributed by atoms with E-state index in [2.05, 4.69) is 39.3 Å². The molecule has 2 aromatic rings. The average molecular weight is 270 g/mol. The van der Waals surface area contributed by atoms with Gasteiger partial charge in [-0.25, -0.2) is 4.79 Å². The average Bonchev–Trinajstić information content (AvgIpc) is 2.92. The molecule has 1 atom stereocenters. The summed E-state index contributed by atoms with van der Waals surface area (Å²) >= 11 is 0. The van der Waals surface area contributed by atoms with Gasteiger partial charge in [-0.1, -0.05) is 24.3 Å². The highest BCUT2D eigenvalue weighted by molar-refractivity contribution is 5.87. The summed E-state index contributed by atoms with van der Waals surface area (Å²) < 4.78 is 4.67. The molecule has 1 heterocycles. The molecule has 1 unspecified atom stereocenters. The lowest BCUT2D eigenvalue weighted by Gasteiger charge is -2.30. The first-order chi connectivity index (χ1) is 9.78. The van der Waals surface area contributed by atoms with Gasteiger partial charge in [-0.3, -0.25) is 0 Å². The molecule has 3 rings (SSSR count). The van der Waals surface area contributed by atoms with E-state index < -0.39 is 0 Å². The number of hydrogen-bond acceptors (Lipinski definition) is 3. The number of methoxy groups -OCH3 is 1. The lowest BCUT2D eigenvalue weighted by Crippen LogP contribution is -2.28. The molecule has 0 fully saturated rings. The minimum absolute atomic E-state index is 0.329. The van der Waals surface area contributed by atoms with Gasteiger partial charge in [0.25, 0.3) is 0 Å². The number of fused-ring (bicyclic) bond motifs is 1. The number of carbonyl (C=O) groups is 1. The van der Waals surface area contributed by atoms with E-state index in [9.17, 15) is 4.79 Å². The van der Waals surface area contributed by atoms with E-state index in [-0.39, 0.29) is 5.97 Å². The highest BCUT2D eigenvalue weighted by atomic mass is 16.5. The lowest BCUT2D eigenvalue weighted by molar-refractivity contribution is 0.0594. The Balaban J connectivity index is 1.49. The van der Waals surface area contributed by atoms with Gasteiger partial charge in [0, 0.05) is 24.7 Å². The van der Waals surface area contributed by atoms with Crippen LogP contribution in [-0.4, -0.2) is 24.6 Å². The van der Waals surface area contributed by atoms with Crippen LogP contribution in [0.3, 0.4) is 0 Å². The summed E-state index contributed by atoms with van der Waals surface area (Å²) in [4.78, 5) is 14.4. The Morgan fingerprint density at radius 1 is 1.35 bits per heavy atom. The van der Waals surface area contributed by atoms with E-state index >= 15 is 0 Å². The largest absolute Gasteiger partial charge is 0.464 e. The molecule has 0 aliphatic heterocycles. The second kappa shape index (κ2) is 5.51. The molecule has 1 aliphatic rings. The van der Waals surface area contributed by atoms with E-state index in [0.29, 0.717) is 11.6 Å². The molecule has 0 bridgehead atoms. The zero-order valence-electron chi connectivity index (χ0n) is 11.5. The third-order valence-corrected chi connectivity index (χ3v) is 3.82. The number of benzene rings is 1. The number of H-pyrrole nitrogens is 1. The fraction of sp³-hybridized carbons (Fsp3) is 0.312. The van der Waals surface area contributed by atoms with Crippen molar-refractivity contribution < 1.29 is 9.53 Å². The maximum Gasteiger partial charge on any atom is 0.354 e. The first-order valence-corrected chi connectivity index (χ1v) is 6.82. The molecule has 2 N–H and O–H groups in total. The number of hydrogen-bond donors (Lipinski definition) is 2. The number of rotatable bonds is 5. The van der Waals surface area contributed by atoms with Gasteiger partial charge in [0.1, 0.15) is 5.69 Å². The van der Waals surface area contributed by atoms with Crippen LogP contribution in [0.5, 0.6) is 0 Å². The van der Waals surface area contributed by atoms with Crippen molar-refractivity contribution in [3.05, 3.63) is 58.9 Å². The van der Waals surface area contributed by atoms with Gasteiger partial charge < -0.3 is 15.0 Å². The van der Waals surface area contributed by atoms with Crippen molar-refractivity contribution in [1.82, 2.24) is 10.3 Å². The first-order valence-electron chi connectivity index (χ1n) is 6.82. The number of nitrogens with one attached hydrogen (secondary N) is 2. The van der Waals surface area contributed by atoms with Crippen LogP contribution in [0.4, 0.5) is 0 Å². The number of ether oxygens (including phenoxy) is 1. The minimum atomic E-state index is -0.329. The highest BCUT2D eigenvalue weighted by Crippen LogP contribution is 2.33. The normalized spacial score (nSPS) is 16.4. The lowest BCUT2D eigenvalue weighted by atomic mass is 9.77. The molecule has 20 heavy (non-hydrogen) atoms. The highest BCUT2D eigenvalue weighted by Gasteiger charge is 2.24. The summed E-state index contributed by atoms with van der Waals surface area (Å²) in [7, 11) is 1.38. The molecule has 0 spiro atoms. The number of aromatic nitrogens is 1. The zero-order chi connectivity index (χ0) is 13.9. The molecular weight excluding hydrogens is 252 g/mol. The van der Waals surface area contributed by atoms with Crippen molar-refractivity contribution in [1.29, 1.82) is 0 Å². The van der Waals surface area contributed by atoms with Gasteiger partial charge in [0.15, 0.2) is 0 Å². The molecule has 1 aromatic carbocycles. The summed E-state index contributed by atoms with van der Waals surface area (Å²) in [6.07, 6.45) is 1.15. The van der Waals surface area contributed by atoms with Gasteiger partial charge in [-0.05, 0) is 29.7 Å². The zero-order valence-corrected chi connectivity index (χ0v) is 11.5. The molecule has 0 radical (unpaired) electrons. The fourth-order valence-corrected chi connectivity index (χ4v) is 2.70. The predicted octanol–water partition coefficient (Wildman–Crippen LogP) is 2.23. The maximum absolute atomic E-state index is 11.3. The van der Waals surface area contributed by atoms with Gasteiger partial charge in [0.05, 0.1) is 7.11 Å². The molecule has 4 heteroatoms. The van der Waals surface area contributed by atoms with E-state index in [1.54, 1.807) is 6.07 Å². The monoisotopic (exact) mass is 270 g/mol. The van der Waals surface area contributed by atoms with Crippen LogP contribution in [0.25, 0.3) is 0 Å². The van der Waals surface area contributed by atoms with Crippen molar-refractivity contribution >= 4 is 5.97 Å². The molecule has 1 aromatic heterocycles. The summed E-state index contributed by atoms with van der Waals surface area (Å²) in [5.41, 5.74) is 4.42. The topological polar surface area (TPSA) is 54.1 Å². The van der Waals surface area contributed by atoms with Crippen LogP contribution in [0.2, 0.25) is 0 Å². The van der Waals surface area contributed by atoms with Gasteiger partial charge in [-0.2, -0.15) is 0 Å². The molecule has 1 aliphatic carbocycles. The van der Waals surface area contributed by atoms with Crippen LogP contribution in [0.15, 0.2) is 36.4 Å². The van der Waals surface area contributed by atoms with Crippen LogP contribution in [-0.2, 0) is 17.7 Å². The Labute approximate surface area is 118 Å². The minimum Gasteiger partial charge on any atom is -0.464 e. The SMILES string of the molecule is COC(=O)c1ccc(CNCC2Cc3ccccc32)[nH]1. The second-order valence-electron chi connectivity index (χ2n) is 5.12. The van der Waals surface area contributed by atoms with Gasteiger partial charge in [-0.15, -0.1) is 0 Å². The molecule has 0 saturated carbocycles. The molecule has 104 valence electrons. The van der Waals surface area contributed by atoms with Crippen molar-refractivity contribution in [2.24, 2.45) is 0 Å². The quantitative estimate of drug-likeness (QED) is 0.819. The molecule has 4 nitrogen and oxygen atoms in total. The molecule has 0 amide bonds. The Bertz CT molecular complexity index is 618. The second-order valence-corrected chi connectivity index (χ2v) is 5.12. The summed E-state index contributed by atoms with van der Waals surface area (Å²) in [5.74, 6) is 0.283. The van der Waals surface area contributed by atoms with E-state index in [0.717, 1.165) is 25.2 Å². The standard InChI is InChI=1S/C16H18N2O2/c1-20-16(19)15-7-6-13(18-15)10-17-9-12-8-11-4-2-3-5-14(11)12/h2-7,12,17-18H,8-10H2,1H3. The van der Waals surface area contributed by atoms with Crippen molar-refractivity contribution in [2.45, 2.75) is 18.9 Å². The van der Waals surface area contributed by atoms with Gasteiger partial charge >= 0.3 is 5.97 Å². The number of esters is 1. The van der Waals surface area contributed by atoms with Crippen LogP contribution >= 0.6 is 0 Å². The van der Waals surface area contributed by atoms with Crippen LogP contribution in [0, 0.1) is 0 Å². The summed E-state index contributed by atoms with van der Waals surface area (Å²) in [6.45, 7) is 1.69. The smallest absolute Gasteiger partial charge is 0.354 e. The summed E-state index contributed by atoms with van der Waals surface area (Å²) in [5, 5.41) is 3.43.